The van der Waals surface area contributed by atoms with Crippen molar-refractivity contribution >= 4 is 23.1 Å². The van der Waals surface area contributed by atoms with E-state index in [2.05, 4.69) is 22.6 Å². The number of hydrogen-bond donors (Lipinski definition) is 1. The lowest BCUT2D eigenvalue weighted by Gasteiger charge is -2.28. The fourth-order valence-electron chi connectivity index (χ4n) is 2.14. The van der Waals surface area contributed by atoms with Gasteiger partial charge in [0.05, 0.1) is 0 Å². The minimum absolute atomic E-state index is 0.737. The van der Waals surface area contributed by atoms with E-state index in [9.17, 15) is 0 Å². The molecule has 1 aromatic rings. The molecule has 84 valence electrons. The maximum Gasteiger partial charge on any atom is 0.150 e. The van der Waals surface area contributed by atoms with Crippen LogP contribution in [0.4, 0.5) is 0 Å². The molecular formula is C11H18N2S2. The van der Waals surface area contributed by atoms with Crippen LogP contribution in [0.25, 0.3) is 0 Å². The van der Waals surface area contributed by atoms with Gasteiger partial charge in [-0.1, -0.05) is 25.1 Å². The largest absolute Gasteiger partial charge is 0.314 e. The minimum atomic E-state index is 0.737. The summed E-state index contributed by atoms with van der Waals surface area (Å²) in [4.78, 5) is 4.34. The average molecular weight is 242 g/mol. The van der Waals surface area contributed by atoms with Gasteiger partial charge < -0.3 is 5.32 Å². The highest BCUT2D eigenvalue weighted by molar-refractivity contribution is 8.01. The predicted molar refractivity (Wildman–Crippen MR) is 67.7 cm³/mol. The number of rotatable bonds is 4. The van der Waals surface area contributed by atoms with Gasteiger partial charge in [-0.3, -0.25) is 0 Å². The van der Waals surface area contributed by atoms with Crippen LogP contribution in [0.5, 0.6) is 0 Å². The van der Waals surface area contributed by atoms with Crippen molar-refractivity contribution in [1.82, 2.24) is 10.3 Å². The van der Waals surface area contributed by atoms with Crippen LogP contribution >= 0.6 is 23.1 Å². The van der Waals surface area contributed by atoms with E-state index >= 15 is 0 Å². The lowest BCUT2D eigenvalue weighted by atomic mass is 9.95. The SMILES string of the molecule is CCNC1CCCC(Sc2nccs2)C1. The Hall–Kier alpha value is -0.0600. The van der Waals surface area contributed by atoms with Crippen molar-refractivity contribution in [3.8, 4) is 0 Å². The lowest BCUT2D eigenvalue weighted by molar-refractivity contribution is 0.387. The smallest absolute Gasteiger partial charge is 0.150 e. The number of nitrogens with zero attached hydrogens (tertiary/aromatic N) is 1. The second kappa shape index (κ2) is 5.87. The lowest BCUT2D eigenvalue weighted by Crippen LogP contribution is -2.34. The van der Waals surface area contributed by atoms with Crippen LogP contribution in [0, 0.1) is 0 Å². The summed E-state index contributed by atoms with van der Waals surface area (Å²) in [5, 5.41) is 6.40. The highest BCUT2D eigenvalue weighted by atomic mass is 32.2. The highest BCUT2D eigenvalue weighted by Gasteiger charge is 2.22. The summed E-state index contributed by atoms with van der Waals surface area (Å²) in [5.74, 6) is 0. The molecule has 1 aliphatic rings. The van der Waals surface area contributed by atoms with Gasteiger partial charge in [0.15, 0.2) is 0 Å². The fraction of sp³-hybridized carbons (Fsp3) is 0.727. The highest BCUT2D eigenvalue weighted by Crippen LogP contribution is 2.34. The molecule has 1 heterocycles. The van der Waals surface area contributed by atoms with Crippen molar-refractivity contribution in [1.29, 1.82) is 0 Å². The zero-order chi connectivity index (χ0) is 10.5. The minimum Gasteiger partial charge on any atom is -0.314 e. The predicted octanol–water partition coefficient (Wildman–Crippen LogP) is 3.16. The van der Waals surface area contributed by atoms with Crippen LogP contribution < -0.4 is 5.32 Å². The van der Waals surface area contributed by atoms with Gasteiger partial charge in [0.1, 0.15) is 4.34 Å². The normalized spacial score (nSPS) is 26.7. The van der Waals surface area contributed by atoms with E-state index in [0.717, 1.165) is 17.8 Å². The van der Waals surface area contributed by atoms with Gasteiger partial charge in [0, 0.05) is 22.9 Å². The van der Waals surface area contributed by atoms with Crippen molar-refractivity contribution in [2.45, 2.75) is 48.2 Å². The van der Waals surface area contributed by atoms with Crippen LogP contribution in [-0.4, -0.2) is 22.8 Å². The molecule has 0 spiro atoms. The van der Waals surface area contributed by atoms with Crippen molar-refractivity contribution in [3.05, 3.63) is 11.6 Å². The molecule has 0 amide bonds. The molecule has 15 heavy (non-hydrogen) atoms. The van der Waals surface area contributed by atoms with Crippen LogP contribution in [-0.2, 0) is 0 Å². The Kier molecular flexibility index (Phi) is 4.47. The van der Waals surface area contributed by atoms with E-state index < -0.39 is 0 Å². The Bertz CT molecular complexity index is 272. The Morgan fingerprint density at radius 3 is 3.27 bits per heavy atom. The molecule has 0 saturated heterocycles. The van der Waals surface area contributed by atoms with Gasteiger partial charge in [-0.15, -0.1) is 11.3 Å². The summed E-state index contributed by atoms with van der Waals surface area (Å²) in [5.41, 5.74) is 0. The van der Waals surface area contributed by atoms with Crippen LogP contribution in [0.2, 0.25) is 0 Å². The standard InChI is InChI=1S/C11H18N2S2/c1-2-12-9-4-3-5-10(8-9)15-11-13-6-7-14-11/h6-7,9-10,12H,2-5,8H2,1H3. The van der Waals surface area contributed by atoms with E-state index in [-0.39, 0.29) is 0 Å². The topological polar surface area (TPSA) is 24.9 Å². The van der Waals surface area contributed by atoms with Crippen molar-refractivity contribution < 1.29 is 0 Å². The Morgan fingerprint density at radius 1 is 1.60 bits per heavy atom. The van der Waals surface area contributed by atoms with Gasteiger partial charge in [-0.2, -0.15) is 0 Å². The monoisotopic (exact) mass is 242 g/mol. The quantitative estimate of drug-likeness (QED) is 0.878. The Balaban J connectivity index is 1.82. The van der Waals surface area contributed by atoms with Gasteiger partial charge in [0.2, 0.25) is 0 Å². The van der Waals surface area contributed by atoms with E-state index in [1.54, 1.807) is 11.3 Å². The van der Waals surface area contributed by atoms with Crippen LogP contribution in [0.3, 0.4) is 0 Å². The van der Waals surface area contributed by atoms with Crippen LogP contribution in [0.1, 0.15) is 32.6 Å². The van der Waals surface area contributed by atoms with E-state index in [4.69, 9.17) is 0 Å². The van der Waals surface area contributed by atoms with E-state index in [1.807, 2.05) is 18.0 Å². The second-order valence-corrected chi connectivity index (χ2v) is 6.40. The summed E-state index contributed by atoms with van der Waals surface area (Å²) in [6.45, 7) is 3.29. The molecule has 0 aromatic carbocycles. The summed E-state index contributed by atoms with van der Waals surface area (Å²) >= 11 is 3.73. The third-order valence-electron chi connectivity index (χ3n) is 2.80. The third-order valence-corrected chi connectivity index (χ3v) is 5.01. The summed E-state index contributed by atoms with van der Waals surface area (Å²) < 4.78 is 1.23. The molecular weight excluding hydrogens is 224 g/mol. The number of thiazole rings is 1. The van der Waals surface area contributed by atoms with E-state index in [1.165, 1.54) is 30.0 Å². The summed E-state index contributed by atoms with van der Waals surface area (Å²) in [7, 11) is 0. The molecule has 0 bridgehead atoms. The molecule has 2 nitrogen and oxygen atoms in total. The molecule has 1 N–H and O–H groups in total. The van der Waals surface area contributed by atoms with Gasteiger partial charge >= 0.3 is 0 Å². The molecule has 2 atom stereocenters. The zero-order valence-corrected chi connectivity index (χ0v) is 10.7. The second-order valence-electron chi connectivity index (χ2n) is 3.96. The number of hydrogen-bond acceptors (Lipinski definition) is 4. The zero-order valence-electron chi connectivity index (χ0n) is 9.11. The van der Waals surface area contributed by atoms with Crippen molar-refractivity contribution in [2.75, 3.05) is 6.54 Å². The fourth-order valence-corrected chi connectivity index (χ4v) is 4.31. The molecule has 4 heteroatoms. The van der Waals surface area contributed by atoms with E-state index in [0.29, 0.717) is 0 Å². The first-order valence-corrected chi connectivity index (χ1v) is 7.44. The molecule has 0 aliphatic heterocycles. The van der Waals surface area contributed by atoms with Gasteiger partial charge in [-0.05, 0) is 25.8 Å². The Labute approximate surface area is 99.9 Å². The maximum atomic E-state index is 4.34. The first kappa shape index (κ1) is 11.4. The first-order chi connectivity index (χ1) is 7.38. The molecule has 0 radical (unpaired) electrons. The maximum absolute atomic E-state index is 4.34. The third kappa shape index (κ3) is 3.47. The molecule has 2 unspecified atom stereocenters. The van der Waals surface area contributed by atoms with Crippen molar-refractivity contribution in [3.63, 3.8) is 0 Å². The molecule has 1 saturated carbocycles. The Morgan fingerprint density at radius 2 is 2.53 bits per heavy atom. The molecule has 2 rings (SSSR count). The van der Waals surface area contributed by atoms with Gasteiger partial charge in [0.25, 0.3) is 0 Å². The summed E-state index contributed by atoms with van der Waals surface area (Å²) in [6.07, 6.45) is 7.27. The number of nitrogens with one attached hydrogen (secondary N) is 1. The summed E-state index contributed by atoms with van der Waals surface area (Å²) in [6, 6.07) is 0.737. The van der Waals surface area contributed by atoms with Crippen LogP contribution in [0.15, 0.2) is 15.9 Å². The van der Waals surface area contributed by atoms with Gasteiger partial charge in [-0.25, -0.2) is 4.98 Å². The first-order valence-electron chi connectivity index (χ1n) is 5.68. The average Bonchev–Trinajstić information content (AvgIpc) is 2.71. The number of thioether (sulfide) groups is 1. The molecule has 1 aromatic heterocycles. The van der Waals surface area contributed by atoms with Crippen molar-refractivity contribution in [2.24, 2.45) is 0 Å². The number of aromatic nitrogens is 1. The molecule has 1 fully saturated rings. The molecule has 1 aliphatic carbocycles.